The largest absolute Gasteiger partial charge is 0.375 e. The molecular weight excluding hydrogens is 238 g/mol. The standard InChI is InChI=1S/C16H27NO2/c17-14-5-4-12(10-14)15(18)13-6-9-19-16(11-13)7-2-1-3-8-16/h12-14H,1-11,17H2. The SMILES string of the molecule is NC1CCC(C(=O)C2CCOC3(CCCCC3)C2)C1. The zero-order chi connectivity index (χ0) is 13.3. The number of carbonyl (C=O) groups excluding carboxylic acids is 1. The van der Waals surface area contributed by atoms with Crippen LogP contribution in [-0.4, -0.2) is 24.0 Å². The highest BCUT2D eigenvalue weighted by atomic mass is 16.5. The average molecular weight is 265 g/mol. The molecule has 3 aliphatic rings. The lowest BCUT2D eigenvalue weighted by Crippen LogP contribution is -2.44. The molecule has 1 aliphatic heterocycles. The van der Waals surface area contributed by atoms with E-state index in [2.05, 4.69) is 0 Å². The molecule has 3 atom stereocenters. The normalized spacial score (nSPS) is 38.5. The summed E-state index contributed by atoms with van der Waals surface area (Å²) in [5.41, 5.74) is 6.00. The van der Waals surface area contributed by atoms with Crippen LogP contribution in [0.1, 0.15) is 64.2 Å². The lowest BCUT2D eigenvalue weighted by atomic mass is 9.73. The minimum absolute atomic E-state index is 0.0531. The van der Waals surface area contributed by atoms with Crippen LogP contribution in [0.15, 0.2) is 0 Å². The Hall–Kier alpha value is -0.410. The van der Waals surface area contributed by atoms with E-state index in [0.717, 1.165) is 38.7 Å². The Kier molecular flexibility index (Phi) is 3.95. The number of rotatable bonds is 2. The summed E-state index contributed by atoms with van der Waals surface area (Å²) in [5, 5.41) is 0. The van der Waals surface area contributed by atoms with E-state index in [1.807, 2.05) is 0 Å². The minimum atomic E-state index is 0.0531. The molecule has 108 valence electrons. The number of Topliss-reactive ketones (excluding diaryl/α,β-unsaturated/α-hetero) is 1. The molecule has 2 aliphatic carbocycles. The maximum absolute atomic E-state index is 12.7. The quantitative estimate of drug-likeness (QED) is 0.835. The van der Waals surface area contributed by atoms with Crippen LogP contribution in [0.25, 0.3) is 0 Å². The molecular formula is C16H27NO2. The van der Waals surface area contributed by atoms with Crippen molar-refractivity contribution < 1.29 is 9.53 Å². The lowest BCUT2D eigenvalue weighted by Gasteiger charge is -2.43. The van der Waals surface area contributed by atoms with Crippen molar-refractivity contribution in [3.05, 3.63) is 0 Å². The smallest absolute Gasteiger partial charge is 0.139 e. The van der Waals surface area contributed by atoms with Crippen LogP contribution in [0.5, 0.6) is 0 Å². The summed E-state index contributed by atoms with van der Waals surface area (Å²) >= 11 is 0. The first-order chi connectivity index (χ1) is 9.19. The van der Waals surface area contributed by atoms with Crippen molar-refractivity contribution in [3.63, 3.8) is 0 Å². The molecule has 0 radical (unpaired) electrons. The molecule has 0 bridgehead atoms. The van der Waals surface area contributed by atoms with Crippen molar-refractivity contribution in [3.8, 4) is 0 Å². The number of ether oxygens (including phenoxy) is 1. The third kappa shape index (κ3) is 2.87. The molecule has 0 aromatic rings. The molecule has 19 heavy (non-hydrogen) atoms. The van der Waals surface area contributed by atoms with Crippen LogP contribution in [0.4, 0.5) is 0 Å². The van der Waals surface area contributed by atoms with Gasteiger partial charge >= 0.3 is 0 Å². The van der Waals surface area contributed by atoms with Gasteiger partial charge in [-0.1, -0.05) is 19.3 Å². The van der Waals surface area contributed by atoms with E-state index in [1.165, 1.54) is 32.1 Å². The Balaban J connectivity index is 1.62. The topological polar surface area (TPSA) is 52.3 Å². The van der Waals surface area contributed by atoms with Crippen molar-refractivity contribution in [1.82, 2.24) is 0 Å². The van der Waals surface area contributed by atoms with Gasteiger partial charge in [0.1, 0.15) is 5.78 Å². The number of hydrogen-bond donors (Lipinski definition) is 1. The summed E-state index contributed by atoms with van der Waals surface area (Å²) in [6, 6.07) is 0.262. The Morgan fingerprint density at radius 2 is 1.84 bits per heavy atom. The van der Waals surface area contributed by atoms with Gasteiger partial charge in [-0.2, -0.15) is 0 Å². The van der Waals surface area contributed by atoms with Gasteiger partial charge in [0.05, 0.1) is 5.60 Å². The fourth-order valence-corrected chi connectivity index (χ4v) is 4.42. The summed E-state index contributed by atoms with van der Waals surface area (Å²) in [6.07, 6.45) is 11.1. The second-order valence-electron chi connectivity index (χ2n) is 6.95. The summed E-state index contributed by atoms with van der Waals surface area (Å²) < 4.78 is 6.09. The van der Waals surface area contributed by atoms with E-state index < -0.39 is 0 Å². The number of hydrogen-bond acceptors (Lipinski definition) is 3. The van der Waals surface area contributed by atoms with E-state index in [4.69, 9.17) is 10.5 Å². The van der Waals surface area contributed by atoms with Gasteiger partial charge in [-0.25, -0.2) is 0 Å². The second kappa shape index (κ2) is 5.53. The highest BCUT2D eigenvalue weighted by molar-refractivity contribution is 5.84. The van der Waals surface area contributed by atoms with Crippen molar-refractivity contribution >= 4 is 5.78 Å². The van der Waals surface area contributed by atoms with Gasteiger partial charge < -0.3 is 10.5 Å². The van der Waals surface area contributed by atoms with Gasteiger partial charge in [-0.15, -0.1) is 0 Å². The first kappa shape index (κ1) is 13.6. The van der Waals surface area contributed by atoms with Crippen LogP contribution in [0.3, 0.4) is 0 Å². The molecule has 2 N–H and O–H groups in total. The fraction of sp³-hybridized carbons (Fsp3) is 0.938. The maximum Gasteiger partial charge on any atom is 0.139 e. The first-order valence-corrected chi connectivity index (χ1v) is 8.12. The third-order valence-corrected chi connectivity index (χ3v) is 5.54. The van der Waals surface area contributed by atoms with E-state index in [1.54, 1.807) is 0 Å². The second-order valence-corrected chi connectivity index (χ2v) is 6.95. The Bertz CT molecular complexity index is 330. The summed E-state index contributed by atoms with van der Waals surface area (Å²) in [6.45, 7) is 0.787. The molecule has 1 spiro atoms. The summed E-state index contributed by atoms with van der Waals surface area (Å²) in [4.78, 5) is 12.7. The molecule has 3 unspecified atom stereocenters. The Labute approximate surface area is 116 Å². The van der Waals surface area contributed by atoms with E-state index in [-0.39, 0.29) is 23.5 Å². The van der Waals surface area contributed by atoms with E-state index in [0.29, 0.717) is 5.78 Å². The minimum Gasteiger partial charge on any atom is -0.375 e. The van der Waals surface area contributed by atoms with Gasteiger partial charge in [0, 0.05) is 24.5 Å². The van der Waals surface area contributed by atoms with Crippen LogP contribution < -0.4 is 5.73 Å². The van der Waals surface area contributed by atoms with Crippen LogP contribution >= 0.6 is 0 Å². The van der Waals surface area contributed by atoms with Crippen molar-refractivity contribution in [2.24, 2.45) is 17.6 Å². The lowest BCUT2D eigenvalue weighted by molar-refractivity contribution is -0.145. The summed E-state index contributed by atoms with van der Waals surface area (Å²) in [7, 11) is 0. The summed E-state index contributed by atoms with van der Waals surface area (Å²) in [5.74, 6) is 1.00. The fourth-order valence-electron chi connectivity index (χ4n) is 4.42. The molecule has 1 saturated heterocycles. The molecule has 1 heterocycles. The molecule has 0 amide bonds. The first-order valence-electron chi connectivity index (χ1n) is 8.12. The Morgan fingerprint density at radius 3 is 2.53 bits per heavy atom. The average Bonchev–Trinajstić information content (AvgIpc) is 2.85. The van der Waals surface area contributed by atoms with Gasteiger partial charge in [0.25, 0.3) is 0 Å². The molecule has 3 nitrogen and oxygen atoms in total. The third-order valence-electron chi connectivity index (χ3n) is 5.54. The number of ketones is 1. The van der Waals surface area contributed by atoms with Gasteiger partial charge in [-0.3, -0.25) is 4.79 Å². The molecule has 3 heteroatoms. The highest BCUT2D eigenvalue weighted by Gasteiger charge is 2.42. The van der Waals surface area contributed by atoms with Crippen molar-refractivity contribution in [2.45, 2.75) is 75.9 Å². The predicted octanol–water partition coefficient (Wildman–Crippen LogP) is 2.81. The van der Waals surface area contributed by atoms with E-state index >= 15 is 0 Å². The number of nitrogens with two attached hydrogens (primary N) is 1. The van der Waals surface area contributed by atoms with Crippen molar-refractivity contribution in [2.75, 3.05) is 6.61 Å². The van der Waals surface area contributed by atoms with Gasteiger partial charge in [0.2, 0.25) is 0 Å². The van der Waals surface area contributed by atoms with Crippen LogP contribution in [0, 0.1) is 11.8 Å². The molecule has 3 rings (SSSR count). The molecule has 0 aromatic carbocycles. The maximum atomic E-state index is 12.7. The van der Waals surface area contributed by atoms with Crippen molar-refractivity contribution in [1.29, 1.82) is 0 Å². The highest BCUT2D eigenvalue weighted by Crippen LogP contribution is 2.42. The number of carbonyl (C=O) groups is 1. The van der Waals surface area contributed by atoms with E-state index in [9.17, 15) is 4.79 Å². The van der Waals surface area contributed by atoms with Gasteiger partial charge in [0.15, 0.2) is 0 Å². The zero-order valence-corrected chi connectivity index (χ0v) is 11.9. The molecule has 2 saturated carbocycles. The predicted molar refractivity (Wildman–Crippen MR) is 74.8 cm³/mol. The van der Waals surface area contributed by atoms with Crippen LogP contribution in [-0.2, 0) is 9.53 Å². The molecule has 3 fully saturated rings. The van der Waals surface area contributed by atoms with Crippen LogP contribution in [0.2, 0.25) is 0 Å². The monoisotopic (exact) mass is 265 g/mol. The Morgan fingerprint density at radius 1 is 1.05 bits per heavy atom. The molecule has 0 aromatic heterocycles. The zero-order valence-electron chi connectivity index (χ0n) is 11.9. The van der Waals surface area contributed by atoms with Gasteiger partial charge in [-0.05, 0) is 44.9 Å².